The van der Waals surface area contributed by atoms with E-state index in [0.29, 0.717) is 25.5 Å². The van der Waals surface area contributed by atoms with Crippen LogP contribution in [0.5, 0.6) is 0 Å². The van der Waals surface area contributed by atoms with E-state index >= 15 is 0 Å². The van der Waals surface area contributed by atoms with Gasteiger partial charge in [-0.05, 0) is 25.8 Å². The van der Waals surface area contributed by atoms with Gasteiger partial charge < -0.3 is 14.6 Å². The molecular weight excluding hydrogens is 282 g/mol. The number of aryl methyl sites for hydroxylation is 1. The number of sulfonamides is 1. The van der Waals surface area contributed by atoms with Gasteiger partial charge in [0.05, 0.1) is 0 Å². The summed E-state index contributed by atoms with van der Waals surface area (Å²) in [5.74, 6) is -0.284. The number of carbonyl (C=O) groups excluding carboxylic acids is 1. The second-order valence-corrected chi connectivity index (χ2v) is 6.31. The molecule has 2 heterocycles. The number of rotatable bonds is 4. The lowest BCUT2D eigenvalue weighted by Gasteiger charge is -2.23. The number of nitrogens with two attached hydrogens (primary N) is 1. The molecule has 1 fully saturated rings. The molecule has 7 nitrogen and oxygen atoms in total. The van der Waals surface area contributed by atoms with Crippen molar-refractivity contribution in [2.24, 2.45) is 5.14 Å². The molecule has 112 valence electrons. The molecule has 0 aromatic carbocycles. The summed E-state index contributed by atoms with van der Waals surface area (Å²) < 4.78 is 29.5. The zero-order chi connectivity index (χ0) is 14.8. The maximum absolute atomic E-state index is 12.2. The molecule has 0 spiro atoms. The Hall–Kier alpha value is -1.38. The summed E-state index contributed by atoms with van der Waals surface area (Å²) in [5.41, 5.74) is 0.308. The van der Waals surface area contributed by atoms with Crippen molar-refractivity contribution in [2.75, 3.05) is 13.2 Å². The van der Waals surface area contributed by atoms with Gasteiger partial charge in [-0.15, -0.1) is 0 Å². The molecule has 1 saturated heterocycles. The molecule has 0 atom stereocenters. The molecule has 0 unspecified atom stereocenters. The summed E-state index contributed by atoms with van der Waals surface area (Å²) in [4.78, 5) is 12.2. The Morgan fingerprint density at radius 2 is 2.15 bits per heavy atom. The average Bonchev–Trinajstić information content (AvgIpc) is 2.84. The minimum atomic E-state index is -3.80. The van der Waals surface area contributed by atoms with Crippen molar-refractivity contribution in [3.05, 3.63) is 18.0 Å². The summed E-state index contributed by atoms with van der Waals surface area (Å²) in [6, 6.07) is 1.38. The van der Waals surface area contributed by atoms with Crippen LogP contribution >= 0.6 is 0 Å². The smallest absolute Gasteiger partial charge is 0.268 e. The van der Waals surface area contributed by atoms with E-state index in [1.807, 2.05) is 6.92 Å². The van der Waals surface area contributed by atoms with Crippen LogP contribution in [0.25, 0.3) is 0 Å². The van der Waals surface area contributed by atoms with Crippen molar-refractivity contribution < 1.29 is 17.9 Å². The van der Waals surface area contributed by atoms with E-state index in [1.165, 1.54) is 12.3 Å². The fourth-order valence-electron chi connectivity index (χ4n) is 2.19. The number of nitrogens with one attached hydrogen (secondary N) is 1. The van der Waals surface area contributed by atoms with Crippen molar-refractivity contribution in [1.82, 2.24) is 9.88 Å². The first-order valence-corrected chi connectivity index (χ1v) is 8.08. The van der Waals surface area contributed by atoms with Crippen molar-refractivity contribution in [3.63, 3.8) is 0 Å². The number of amides is 1. The molecule has 20 heavy (non-hydrogen) atoms. The molecule has 8 heteroatoms. The normalized spacial score (nSPS) is 17.1. The van der Waals surface area contributed by atoms with Gasteiger partial charge in [-0.1, -0.05) is 0 Å². The minimum absolute atomic E-state index is 0.0449. The topological polar surface area (TPSA) is 103 Å². The van der Waals surface area contributed by atoms with Crippen LogP contribution in [0.2, 0.25) is 0 Å². The van der Waals surface area contributed by atoms with Crippen molar-refractivity contribution in [3.8, 4) is 0 Å². The number of carbonyl (C=O) groups is 1. The first kappa shape index (κ1) is 15.0. The third-order valence-electron chi connectivity index (χ3n) is 3.33. The molecular formula is C12H19N3O4S. The summed E-state index contributed by atoms with van der Waals surface area (Å²) in [6.07, 6.45) is 2.91. The van der Waals surface area contributed by atoms with Crippen LogP contribution in [0.4, 0.5) is 0 Å². The lowest BCUT2D eigenvalue weighted by atomic mass is 10.1. The van der Waals surface area contributed by atoms with E-state index in [2.05, 4.69) is 5.32 Å². The predicted octanol–water partition coefficient (Wildman–Crippen LogP) is 0.0642. The summed E-state index contributed by atoms with van der Waals surface area (Å²) in [7, 11) is -3.80. The van der Waals surface area contributed by atoms with E-state index in [0.717, 1.165) is 12.8 Å². The molecule has 3 N–H and O–H groups in total. The zero-order valence-corrected chi connectivity index (χ0v) is 12.1. The van der Waals surface area contributed by atoms with Gasteiger partial charge in [0.15, 0.2) is 0 Å². The van der Waals surface area contributed by atoms with Gasteiger partial charge in [0, 0.05) is 32.0 Å². The Bertz CT molecular complexity index is 588. The second kappa shape index (κ2) is 5.94. The fraction of sp³-hybridized carbons (Fsp3) is 0.583. The minimum Gasteiger partial charge on any atom is -0.381 e. The zero-order valence-electron chi connectivity index (χ0n) is 11.3. The quantitative estimate of drug-likeness (QED) is 0.821. The Labute approximate surface area is 118 Å². The fourth-order valence-corrected chi connectivity index (χ4v) is 2.74. The number of aromatic nitrogens is 1. The Balaban J connectivity index is 2.18. The van der Waals surface area contributed by atoms with Crippen LogP contribution in [0.1, 0.15) is 30.3 Å². The van der Waals surface area contributed by atoms with E-state index in [4.69, 9.17) is 9.88 Å². The van der Waals surface area contributed by atoms with Crippen LogP contribution in [0.15, 0.2) is 17.2 Å². The second-order valence-electron chi connectivity index (χ2n) is 4.75. The highest BCUT2D eigenvalue weighted by Crippen LogP contribution is 2.14. The molecule has 1 aliphatic rings. The summed E-state index contributed by atoms with van der Waals surface area (Å²) >= 11 is 0. The van der Waals surface area contributed by atoms with Gasteiger partial charge in [0.1, 0.15) is 10.6 Å². The summed E-state index contributed by atoms with van der Waals surface area (Å²) in [5, 5.41) is 7.99. The molecule has 1 aromatic heterocycles. The Morgan fingerprint density at radius 3 is 2.70 bits per heavy atom. The molecule has 1 aliphatic heterocycles. The molecule has 0 radical (unpaired) electrons. The van der Waals surface area contributed by atoms with Gasteiger partial charge in [0.25, 0.3) is 5.91 Å². The lowest BCUT2D eigenvalue weighted by Crippen LogP contribution is -2.39. The molecule has 0 saturated carbocycles. The van der Waals surface area contributed by atoms with Crippen LogP contribution in [0, 0.1) is 0 Å². The number of hydrogen-bond acceptors (Lipinski definition) is 4. The van der Waals surface area contributed by atoms with Gasteiger partial charge in [-0.2, -0.15) is 0 Å². The number of ether oxygens (including phenoxy) is 1. The van der Waals surface area contributed by atoms with Crippen LogP contribution in [-0.4, -0.2) is 38.1 Å². The predicted molar refractivity (Wildman–Crippen MR) is 72.8 cm³/mol. The van der Waals surface area contributed by atoms with Crippen LogP contribution < -0.4 is 10.5 Å². The highest BCUT2D eigenvalue weighted by molar-refractivity contribution is 7.89. The SMILES string of the molecule is CCn1cc(S(N)(=O)=O)cc1C(=O)NC1CCOCC1. The van der Waals surface area contributed by atoms with Gasteiger partial charge in [-0.3, -0.25) is 4.79 Å². The molecule has 0 aliphatic carbocycles. The van der Waals surface area contributed by atoms with E-state index in [1.54, 1.807) is 4.57 Å². The lowest BCUT2D eigenvalue weighted by molar-refractivity contribution is 0.0692. The standard InChI is InChI=1S/C12H19N3O4S/c1-2-15-8-10(20(13,17)18)7-11(15)12(16)14-9-3-5-19-6-4-9/h7-9H,2-6H2,1H3,(H,14,16)(H2,13,17,18). The number of nitrogens with zero attached hydrogens (tertiary/aromatic N) is 1. The first-order chi connectivity index (χ1) is 9.41. The van der Waals surface area contributed by atoms with E-state index in [9.17, 15) is 13.2 Å². The highest BCUT2D eigenvalue weighted by atomic mass is 32.2. The maximum Gasteiger partial charge on any atom is 0.268 e. The number of hydrogen-bond donors (Lipinski definition) is 2. The van der Waals surface area contributed by atoms with Crippen LogP contribution in [-0.2, 0) is 21.3 Å². The van der Waals surface area contributed by atoms with Gasteiger partial charge >= 0.3 is 0 Å². The van der Waals surface area contributed by atoms with Gasteiger partial charge in [-0.25, -0.2) is 13.6 Å². The first-order valence-electron chi connectivity index (χ1n) is 6.53. The molecule has 1 aromatic rings. The third kappa shape index (κ3) is 3.38. The van der Waals surface area contributed by atoms with Crippen molar-refractivity contribution in [1.29, 1.82) is 0 Å². The largest absolute Gasteiger partial charge is 0.381 e. The maximum atomic E-state index is 12.2. The van der Waals surface area contributed by atoms with E-state index in [-0.39, 0.29) is 16.8 Å². The third-order valence-corrected chi connectivity index (χ3v) is 4.21. The molecule has 1 amide bonds. The number of primary sulfonamides is 1. The highest BCUT2D eigenvalue weighted by Gasteiger charge is 2.21. The van der Waals surface area contributed by atoms with Crippen molar-refractivity contribution >= 4 is 15.9 Å². The van der Waals surface area contributed by atoms with Crippen LogP contribution in [0.3, 0.4) is 0 Å². The Morgan fingerprint density at radius 1 is 1.50 bits per heavy atom. The van der Waals surface area contributed by atoms with E-state index < -0.39 is 10.0 Å². The van der Waals surface area contributed by atoms with Gasteiger partial charge in [0.2, 0.25) is 10.0 Å². The Kier molecular flexibility index (Phi) is 4.46. The average molecular weight is 301 g/mol. The summed E-state index contributed by atoms with van der Waals surface area (Å²) in [6.45, 7) is 3.58. The van der Waals surface area contributed by atoms with Crippen molar-refractivity contribution in [2.45, 2.75) is 37.2 Å². The molecule has 0 bridgehead atoms. The molecule has 2 rings (SSSR count). The monoisotopic (exact) mass is 301 g/mol.